The van der Waals surface area contributed by atoms with Crippen molar-refractivity contribution in [1.29, 1.82) is 0 Å². The van der Waals surface area contributed by atoms with E-state index >= 15 is 0 Å². The lowest BCUT2D eigenvalue weighted by molar-refractivity contribution is 0.414. The lowest BCUT2D eigenvalue weighted by atomic mass is 10.1. The number of ether oxygens (including phenoxy) is 1. The third kappa shape index (κ3) is 4.56. The number of methoxy groups -OCH3 is 1. The number of nitrogens with zero attached hydrogens (tertiary/aromatic N) is 2. The highest BCUT2D eigenvalue weighted by atomic mass is 16.5. The van der Waals surface area contributed by atoms with E-state index < -0.39 is 0 Å². The monoisotopic (exact) mass is 330 g/mol. The molecule has 0 aromatic heterocycles. The Labute approximate surface area is 145 Å². The summed E-state index contributed by atoms with van der Waals surface area (Å²) in [6.07, 6.45) is 3.91. The molecule has 0 spiro atoms. The van der Waals surface area contributed by atoms with Crippen molar-refractivity contribution in [2.45, 2.75) is 26.2 Å². The molecule has 1 atom stereocenters. The molecule has 1 aliphatic carbocycles. The SMILES string of the molecule is CCNC(=NCC1CCN(c2ccccc2OC)C1)NCC1CC1. The summed E-state index contributed by atoms with van der Waals surface area (Å²) in [5, 5.41) is 6.83. The second kappa shape index (κ2) is 8.27. The van der Waals surface area contributed by atoms with Crippen molar-refractivity contribution in [3.05, 3.63) is 24.3 Å². The second-order valence-electron chi connectivity index (χ2n) is 6.82. The Hall–Kier alpha value is -1.91. The highest BCUT2D eigenvalue weighted by molar-refractivity contribution is 5.79. The van der Waals surface area contributed by atoms with Crippen molar-refractivity contribution in [1.82, 2.24) is 10.6 Å². The summed E-state index contributed by atoms with van der Waals surface area (Å²) in [5.41, 5.74) is 1.20. The van der Waals surface area contributed by atoms with Crippen LogP contribution in [0.2, 0.25) is 0 Å². The number of para-hydroxylation sites is 2. The first kappa shape index (κ1) is 16.9. The minimum Gasteiger partial charge on any atom is -0.495 e. The Balaban J connectivity index is 1.53. The molecule has 1 aromatic rings. The molecule has 0 amide bonds. The molecule has 5 nitrogen and oxygen atoms in total. The van der Waals surface area contributed by atoms with Crippen molar-refractivity contribution in [2.75, 3.05) is 44.7 Å². The Bertz CT molecular complexity index is 556. The maximum Gasteiger partial charge on any atom is 0.191 e. The van der Waals surface area contributed by atoms with E-state index in [1.165, 1.54) is 24.9 Å². The molecular formula is C19H30N4O. The number of aliphatic imine (C=N–C) groups is 1. The molecule has 132 valence electrons. The van der Waals surface area contributed by atoms with Gasteiger partial charge in [0.15, 0.2) is 5.96 Å². The summed E-state index contributed by atoms with van der Waals surface area (Å²) in [4.78, 5) is 7.22. The number of benzene rings is 1. The van der Waals surface area contributed by atoms with Crippen LogP contribution in [-0.4, -0.2) is 45.8 Å². The first-order valence-corrected chi connectivity index (χ1v) is 9.20. The van der Waals surface area contributed by atoms with E-state index in [0.717, 1.165) is 50.4 Å². The van der Waals surface area contributed by atoms with Gasteiger partial charge in [-0.05, 0) is 50.2 Å². The van der Waals surface area contributed by atoms with Crippen LogP contribution in [0.5, 0.6) is 5.75 Å². The summed E-state index contributed by atoms with van der Waals surface area (Å²) >= 11 is 0. The van der Waals surface area contributed by atoms with E-state index in [1.54, 1.807) is 7.11 Å². The van der Waals surface area contributed by atoms with Crippen LogP contribution in [0.3, 0.4) is 0 Å². The van der Waals surface area contributed by atoms with E-state index in [2.05, 4.69) is 34.6 Å². The lowest BCUT2D eigenvalue weighted by Crippen LogP contribution is -2.38. The Morgan fingerprint density at radius 1 is 1.21 bits per heavy atom. The second-order valence-corrected chi connectivity index (χ2v) is 6.82. The number of hydrogen-bond acceptors (Lipinski definition) is 3. The zero-order valence-electron chi connectivity index (χ0n) is 14.9. The average Bonchev–Trinajstić information content (AvgIpc) is 3.33. The predicted octanol–water partition coefficient (Wildman–Crippen LogP) is 2.49. The van der Waals surface area contributed by atoms with Crippen LogP contribution >= 0.6 is 0 Å². The Morgan fingerprint density at radius 2 is 2.04 bits per heavy atom. The fraction of sp³-hybridized carbons (Fsp3) is 0.632. The first-order chi connectivity index (χ1) is 11.8. The van der Waals surface area contributed by atoms with Crippen LogP contribution in [0.15, 0.2) is 29.3 Å². The van der Waals surface area contributed by atoms with Gasteiger partial charge in [-0.25, -0.2) is 0 Å². The standard InChI is InChI=1S/C19H30N4O/c1-3-20-19(21-12-15-8-9-15)22-13-16-10-11-23(14-16)17-6-4-5-7-18(17)24-2/h4-7,15-16H,3,8-14H2,1-2H3,(H2,20,21,22). The molecule has 5 heteroatoms. The third-order valence-corrected chi connectivity index (χ3v) is 4.82. The molecule has 1 aromatic carbocycles. The van der Waals surface area contributed by atoms with Crippen LogP contribution in [0.25, 0.3) is 0 Å². The van der Waals surface area contributed by atoms with Crippen molar-refractivity contribution in [2.24, 2.45) is 16.8 Å². The largest absolute Gasteiger partial charge is 0.495 e. The van der Waals surface area contributed by atoms with Crippen LogP contribution in [0.1, 0.15) is 26.2 Å². The topological polar surface area (TPSA) is 48.9 Å². The first-order valence-electron chi connectivity index (χ1n) is 9.20. The zero-order chi connectivity index (χ0) is 16.8. The zero-order valence-corrected chi connectivity index (χ0v) is 14.9. The smallest absolute Gasteiger partial charge is 0.191 e. The Kier molecular flexibility index (Phi) is 5.83. The number of nitrogens with one attached hydrogen (secondary N) is 2. The normalized spacial score (nSPS) is 21.0. The van der Waals surface area contributed by atoms with Crippen molar-refractivity contribution in [3.8, 4) is 5.75 Å². The van der Waals surface area contributed by atoms with Crippen molar-refractivity contribution < 1.29 is 4.74 Å². The molecule has 1 heterocycles. The van der Waals surface area contributed by atoms with Gasteiger partial charge in [0.1, 0.15) is 5.75 Å². The van der Waals surface area contributed by atoms with Crippen molar-refractivity contribution in [3.63, 3.8) is 0 Å². The van der Waals surface area contributed by atoms with Gasteiger partial charge in [0.05, 0.1) is 12.8 Å². The maximum atomic E-state index is 5.49. The number of guanidine groups is 1. The van der Waals surface area contributed by atoms with Gasteiger partial charge in [0, 0.05) is 32.7 Å². The van der Waals surface area contributed by atoms with Crippen LogP contribution in [0.4, 0.5) is 5.69 Å². The fourth-order valence-corrected chi connectivity index (χ4v) is 3.22. The van der Waals surface area contributed by atoms with Crippen molar-refractivity contribution >= 4 is 11.6 Å². The third-order valence-electron chi connectivity index (χ3n) is 4.82. The molecule has 1 saturated carbocycles. The van der Waals surface area contributed by atoms with Gasteiger partial charge in [-0.15, -0.1) is 0 Å². The molecule has 1 saturated heterocycles. The Morgan fingerprint density at radius 3 is 2.79 bits per heavy atom. The molecule has 1 unspecified atom stereocenters. The quantitative estimate of drug-likeness (QED) is 0.596. The minimum atomic E-state index is 0.603. The summed E-state index contributed by atoms with van der Waals surface area (Å²) in [7, 11) is 1.74. The highest BCUT2D eigenvalue weighted by Crippen LogP contribution is 2.32. The van der Waals surface area contributed by atoms with E-state index in [1.807, 2.05) is 12.1 Å². The lowest BCUT2D eigenvalue weighted by Gasteiger charge is -2.21. The summed E-state index contributed by atoms with van der Waals surface area (Å²) in [5.74, 6) is 3.40. The van der Waals surface area contributed by atoms with Crippen LogP contribution < -0.4 is 20.3 Å². The van der Waals surface area contributed by atoms with Gasteiger partial charge in [-0.1, -0.05) is 12.1 Å². The van der Waals surface area contributed by atoms with E-state index in [0.29, 0.717) is 5.92 Å². The fourth-order valence-electron chi connectivity index (χ4n) is 3.22. The van der Waals surface area contributed by atoms with Gasteiger partial charge in [-0.2, -0.15) is 0 Å². The van der Waals surface area contributed by atoms with Gasteiger partial charge in [-0.3, -0.25) is 4.99 Å². The summed E-state index contributed by atoms with van der Waals surface area (Å²) in [6, 6.07) is 8.28. The van der Waals surface area contributed by atoms with E-state index in [4.69, 9.17) is 9.73 Å². The number of rotatable bonds is 7. The predicted molar refractivity (Wildman–Crippen MR) is 100 cm³/mol. The van der Waals surface area contributed by atoms with E-state index in [9.17, 15) is 0 Å². The van der Waals surface area contributed by atoms with Crippen LogP contribution in [0, 0.1) is 11.8 Å². The molecule has 0 radical (unpaired) electrons. The molecule has 2 fully saturated rings. The molecule has 0 bridgehead atoms. The van der Waals surface area contributed by atoms with Crippen LogP contribution in [-0.2, 0) is 0 Å². The number of hydrogen-bond donors (Lipinski definition) is 2. The summed E-state index contributed by atoms with van der Waals surface area (Å²) < 4.78 is 5.49. The van der Waals surface area contributed by atoms with E-state index in [-0.39, 0.29) is 0 Å². The minimum absolute atomic E-state index is 0.603. The molecule has 1 aliphatic heterocycles. The molecule has 2 N–H and O–H groups in total. The molecule has 2 aliphatic rings. The van der Waals surface area contributed by atoms with Gasteiger partial charge in [0.25, 0.3) is 0 Å². The van der Waals surface area contributed by atoms with Gasteiger partial charge < -0.3 is 20.3 Å². The average molecular weight is 330 g/mol. The van der Waals surface area contributed by atoms with Gasteiger partial charge in [0.2, 0.25) is 0 Å². The maximum absolute atomic E-state index is 5.49. The van der Waals surface area contributed by atoms with Gasteiger partial charge >= 0.3 is 0 Å². The number of anilines is 1. The highest BCUT2D eigenvalue weighted by Gasteiger charge is 2.25. The molecule has 3 rings (SSSR count). The molecular weight excluding hydrogens is 300 g/mol. The summed E-state index contributed by atoms with van der Waals surface area (Å²) in [6.45, 7) is 7.09. The molecule has 24 heavy (non-hydrogen) atoms.